The van der Waals surface area contributed by atoms with Crippen molar-refractivity contribution in [1.82, 2.24) is 0 Å². The maximum atomic E-state index is 12.5. The number of carbonyl (C=O) groups excluding carboxylic acids is 2. The smallest absolute Gasteiger partial charge is 0.338 e. The third kappa shape index (κ3) is 4.74. The lowest BCUT2D eigenvalue weighted by Gasteiger charge is -2.16. The number of anilines is 1. The Morgan fingerprint density at radius 3 is 2.22 bits per heavy atom. The minimum atomic E-state index is -0.947. The highest BCUT2D eigenvalue weighted by Crippen LogP contribution is 2.27. The van der Waals surface area contributed by atoms with Gasteiger partial charge in [0.2, 0.25) is 0 Å². The molecule has 0 radical (unpaired) electrons. The second-order valence-electron chi connectivity index (χ2n) is 5.96. The van der Waals surface area contributed by atoms with Crippen LogP contribution in [0.15, 0.2) is 78.9 Å². The predicted octanol–water partition coefficient (Wildman–Crippen LogP) is 5.19. The van der Waals surface area contributed by atoms with Crippen LogP contribution in [0.2, 0.25) is 5.02 Å². The maximum Gasteiger partial charge on any atom is 0.338 e. The van der Waals surface area contributed by atoms with Gasteiger partial charge in [-0.2, -0.15) is 0 Å². The van der Waals surface area contributed by atoms with E-state index in [2.05, 4.69) is 5.32 Å². The summed E-state index contributed by atoms with van der Waals surface area (Å²) in [5.74, 6) is -0.980. The molecule has 0 aromatic heterocycles. The van der Waals surface area contributed by atoms with E-state index in [1.54, 1.807) is 24.3 Å². The van der Waals surface area contributed by atoms with Gasteiger partial charge in [-0.3, -0.25) is 4.79 Å². The third-order valence-corrected chi connectivity index (χ3v) is 4.25. The van der Waals surface area contributed by atoms with E-state index in [1.807, 2.05) is 54.6 Å². The zero-order valence-electron chi connectivity index (χ0n) is 14.7. The number of benzene rings is 3. The Bertz CT molecular complexity index is 939. The standard InChI is InChI=1S/C22H18ClNO3/c1-15(27-22(26)17-11-13-18(23)14-12-17)21(25)24-20-10-6-5-9-19(20)16-7-3-2-4-8-16/h2-15H,1H3,(H,24,25). The van der Waals surface area contributed by atoms with E-state index in [0.29, 0.717) is 16.3 Å². The fourth-order valence-electron chi connectivity index (χ4n) is 2.56. The quantitative estimate of drug-likeness (QED) is 0.620. The fourth-order valence-corrected chi connectivity index (χ4v) is 2.69. The summed E-state index contributed by atoms with van der Waals surface area (Å²) >= 11 is 5.81. The van der Waals surface area contributed by atoms with Gasteiger partial charge in [0.05, 0.1) is 5.56 Å². The highest BCUT2D eigenvalue weighted by Gasteiger charge is 2.20. The lowest BCUT2D eigenvalue weighted by atomic mass is 10.0. The Hall–Kier alpha value is -3.11. The van der Waals surface area contributed by atoms with E-state index in [9.17, 15) is 9.59 Å². The van der Waals surface area contributed by atoms with Gasteiger partial charge in [0.1, 0.15) is 0 Å². The van der Waals surface area contributed by atoms with E-state index < -0.39 is 18.0 Å². The van der Waals surface area contributed by atoms with Gasteiger partial charge in [-0.1, -0.05) is 60.1 Å². The maximum absolute atomic E-state index is 12.5. The molecule has 0 spiro atoms. The number of amides is 1. The van der Waals surface area contributed by atoms with Gasteiger partial charge in [-0.25, -0.2) is 4.79 Å². The number of hydrogen-bond donors (Lipinski definition) is 1. The molecular weight excluding hydrogens is 362 g/mol. The molecule has 0 saturated heterocycles. The molecule has 0 aliphatic carbocycles. The highest BCUT2D eigenvalue weighted by molar-refractivity contribution is 6.30. The number of esters is 1. The molecule has 0 bridgehead atoms. The number of para-hydroxylation sites is 1. The van der Waals surface area contributed by atoms with E-state index in [-0.39, 0.29) is 0 Å². The molecular formula is C22H18ClNO3. The molecule has 1 atom stereocenters. The van der Waals surface area contributed by atoms with Crippen molar-refractivity contribution in [3.63, 3.8) is 0 Å². The summed E-state index contributed by atoms with van der Waals surface area (Å²) in [7, 11) is 0. The van der Waals surface area contributed by atoms with Crippen molar-refractivity contribution in [1.29, 1.82) is 0 Å². The molecule has 0 aliphatic rings. The van der Waals surface area contributed by atoms with Crippen molar-refractivity contribution in [2.24, 2.45) is 0 Å². The third-order valence-electron chi connectivity index (χ3n) is 4.00. The molecule has 1 amide bonds. The minimum absolute atomic E-state index is 0.337. The topological polar surface area (TPSA) is 55.4 Å². The first-order valence-corrected chi connectivity index (χ1v) is 8.84. The Kier molecular flexibility index (Phi) is 5.89. The normalized spacial score (nSPS) is 11.5. The molecule has 136 valence electrons. The second kappa shape index (κ2) is 8.52. The van der Waals surface area contributed by atoms with Crippen molar-refractivity contribution in [2.75, 3.05) is 5.32 Å². The average molecular weight is 380 g/mol. The van der Waals surface area contributed by atoms with Crippen molar-refractivity contribution >= 4 is 29.2 Å². The van der Waals surface area contributed by atoms with Crippen LogP contribution in [0.1, 0.15) is 17.3 Å². The molecule has 5 heteroatoms. The zero-order chi connectivity index (χ0) is 19.2. The first-order valence-electron chi connectivity index (χ1n) is 8.46. The van der Waals surface area contributed by atoms with Crippen LogP contribution in [0.4, 0.5) is 5.69 Å². The number of halogens is 1. The van der Waals surface area contributed by atoms with Crippen molar-refractivity contribution in [3.8, 4) is 11.1 Å². The molecule has 4 nitrogen and oxygen atoms in total. The summed E-state index contributed by atoms with van der Waals surface area (Å²) < 4.78 is 5.26. The molecule has 0 saturated carbocycles. The summed E-state index contributed by atoms with van der Waals surface area (Å²) in [6.45, 7) is 1.54. The molecule has 27 heavy (non-hydrogen) atoms. The van der Waals surface area contributed by atoms with E-state index in [0.717, 1.165) is 11.1 Å². The molecule has 3 rings (SSSR count). The van der Waals surface area contributed by atoms with Crippen molar-refractivity contribution in [2.45, 2.75) is 13.0 Å². The van der Waals surface area contributed by atoms with Crippen LogP contribution in [0, 0.1) is 0 Å². The molecule has 3 aromatic rings. The predicted molar refractivity (Wildman–Crippen MR) is 107 cm³/mol. The molecule has 1 unspecified atom stereocenters. The van der Waals surface area contributed by atoms with Crippen LogP contribution in [0.3, 0.4) is 0 Å². The zero-order valence-corrected chi connectivity index (χ0v) is 15.4. The summed E-state index contributed by atoms with van der Waals surface area (Å²) in [4.78, 5) is 24.7. The van der Waals surface area contributed by atoms with Crippen LogP contribution in [0.5, 0.6) is 0 Å². The van der Waals surface area contributed by atoms with Gasteiger partial charge in [0, 0.05) is 16.3 Å². The number of nitrogens with one attached hydrogen (secondary N) is 1. The Morgan fingerprint density at radius 1 is 0.889 bits per heavy atom. The second-order valence-corrected chi connectivity index (χ2v) is 6.39. The summed E-state index contributed by atoms with van der Waals surface area (Å²) in [5, 5.41) is 3.36. The average Bonchev–Trinajstić information content (AvgIpc) is 2.69. The van der Waals surface area contributed by atoms with E-state index >= 15 is 0 Å². The fraction of sp³-hybridized carbons (Fsp3) is 0.0909. The first kappa shape index (κ1) is 18.7. The van der Waals surface area contributed by atoms with Gasteiger partial charge in [-0.05, 0) is 42.8 Å². The van der Waals surface area contributed by atoms with Gasteiger partial charge >= 0.3 is 5.97 Å². The van der Waals surface area contributed by atoms with Gasteiger partial charge in [-0.15, -0.1) is 0 Å². The summed E-state index contributed by atoms with van der Waals surface area (Å²) in [6.07, 6.45) is -0.947. The molecule has 0 heterocycles. The minimum Gasteiger partial charge on any atom is -0.449 e. The lowest BCUT2D eigenvalue weighted by Crippen LogP contribution is -2.30. The number of hydrogen-bond acceptors (Lipinski definition) is 3. The van der Waals surface area contributed by atoms with E-state index in [1.165, 1.54) is 6.92 Å². The molecule has 0 fully saturated rings. The first-order chi connectivity index (χ1) is 13.0. The molecule has 1 N–H and O–H groups in total. The monoisotopic (exact) mass is 379 g/mol. The Morgan fingerprint density at radius 2 is 1.52 bits per heavy atom. The van der Waals surface area contributed by atoms with Gasteiger partial charge in [0.25, 0.3) is 5.91 Å². The molecule has 0 aliphatic heterocycles. The number of carbonyl (C=O) groups is 2. The number of rotatable bonds is 5. The highest BCUT2D eigenvalue weighted by atomic mass is 35.5. The van der Waals surface area contributed by atoms with Gasteiger partial charge in [0.15, 0.2) is 6.10 Å². The van der Waals surface area contributed by atoms with Crippen LogP contribution in [0.25, 0.3) is 11.1 Å². The van der Waals surface area contributed by atoms with Crippen LogP contribution < -0.4 is 5.32 Å². The van der Waals surface area contributed by atoms with Gasteiger partial charge < -0.3 is 10.1 Å². The van der Waals surface area contributed by atoms with Crippen LogP contribution in [-0.4, -0.2) is 18.0 Å². The summed E-state index contributed by atoms with van der Waals surface area (Å²) in [6, 6.07) is 23.5. The Balaban J connectivity index is 1.70. The van der Waals surface area contributed by atoms with Crippen molar-refractivity contribution < 1.29 is 14.3 Å². The van der Waals surface area contributed by atoms with Crippen LogP contribution in [-0.2, 0) is 9.53 Å². The van der Waals surface area contributed by atoms with Crippen LogP contribution >= 0.6 is 11.6 Å². The lowest BCUT2D eigenvalue weighted by molar-refractivity contribution is -0.123. The molecule has 3 aromatic carbocycles. The van der Waals surface area contributed by atoms with E-state index in [4.69, 9.17) is 16.3 Å². The SMILES string of the molecule is CC(OC(=O)c1ccc(Cl)cc1)C(=O)Nc1ccccc1-c1ccccc1. The Labute approximate surface area is 162 Å². The summed E-state index contributed by atoms with van der Waals surface area (Å²) in [5.41, 5.74) is 2.87. The number of ether oxygens (including phenoxy) is 1. The largest absolute Gasteiger partial charge is 0.449 e. The van der Waals surface area contributed by atoms with Crippen molar-refractivity contribution in [3.05, 3.63) is 89.4 Å².